The lowest BCUT2D eigenvalue weighted by molar-refractivity contribution is -0.145. The molecule has 0 saturated carbocycles. The van der Waals surface area contributed by atoms with Crippen molar-refractivity contribution in [3.8, 4) is 0 Å². The van der Waals surface area contributed by atoms with Gasteiger partial charge < -0.3 is 10.2 Å². The molecule has 66 valence electrons. The summed E-state index contributed by atoms with van der Waals surface area (Å²) in [6.07, 6.45) is -0.166. The van der Waals surface area contributed by atoms with Crippen LogP contribution in [0.25, 0.3) is 0 Å². The van der Waals surface area contributed by atoms with Gasteiger partial charge >= 0.3 is 5.97 Å². The molecule has 3 nitrogen and oxygen atoms in total. The minimum Gasteiger partial charge on any atom is -0.481 e. The Kier molecular flexibility index (Phi) is 4.11. The zero-order valence-electron chi connectivity index (χ0n) is 7.24. The van der Waals surface area contributed by atoms with E-state index in [0.29, 0.717) is 12.3 Å². The second-order valence-corrected chi connectivity index (χ2v) is 3.32. The predicted octanol–water partition coefficient (Wildman–Crippen LogP) is 1.11. The maximum absolute atomic E-state index is 10.4. The molecule has 11 heavy (non-hydrogen) atoms. The van der Waals surface area contributed by atoms with Crippen molar-refractivity contribution in [3.63, 3.8) is 0 Å². The van der Waals surface area contributed by atoms with E-state index < -0.39 is 18.0 Å². The first-order valence-electron chi connectivity index (χ1n) is 3.86. The molecule has 3 heteroatoms. The Morgan fingerprint density at radius 2 is 1.82 bits per heavy atom. The Bertz CT molecular complexity index is 131. The first-order valence-corrected chi connectivity index (χ1v) is 3.86. The molecular weight excluding hydrogens is 144 g/mol. The first kappa shape index (κ1) is 10.4. The van der Waals surface area contributed by atoms with E-state index in [2.05, 4.69) is 0 Å². The van der Waals surface area contributed by atoms with E-state index in [1.807, 2.05) is 13.8 Å². The van der Waals surface area contributed by atoms with Gasteiger partial charge in [0, 0.05) is 0 Å². The SMILES string of the molecule is CC(C)C[C@@H](O)[C@H](C)C(=O)O. The number of aliphatic hydroxyl groups is 1. The fourth-order valence-electron chi connectivity index (χ4n) is 0.852. The standard InChI is InChI=1S/C8H16O3/c1-5(2)4-7(9)6(3)8(10)11/h5-7,9H,4H2,1-3H3,(H,10,11)/t6-,7+/m0/s1. The van der Waals surface area contributed by atoms with Crippen LogP contribution in [0.3, 0.4) is 0 Å². The molecule has 0 amide bonds. The van der Waals surface area contributed by atoms with Crippen LogP contribution in [-0.2, 0) is 4.79 Å². The minimum atomic E-state index is -0.932. The molecule has 0 heterocycles. The molecule has 0 rings (SSSR count). The summed E-state index contributed by atoms with van der Waals surface area (Å²) in [4.78, 5) is 10.4. The minimum absolute atomic E-state index is 0.340. The normalized spacial score (nSPS) is 16.5. The van der Waals surface area contributed by atoms with Crippen molar-refractivity contribution in [3.05, 3.63) is 0 Å². The van der Waals surface area contributed by atoms with Crippen molar-refractivity contribution < 1.29 is 15.0 Å². The summed E-state index contributed by atoms with van der Waals surface area (Å²) in [6, 6.07) is 0. The summed E-state index contributed by atoms with van der Waals surface area (Å²) in [5.74, 6) is -1.25. The van der Waals surface area contributed by atoms with E-state index in [1.165, 1.54) is 6.92 Å². The maximum Gasteiger partial charge on any atom is 0.308 e. The largest absolute Gasteiger partial charge is 0.481 e. The monoisotopic (exact) mass is 160 g/mol. The van der Waals surface area contributed by atoms with Gasteiger partial charge in [0.1, 0.15) is 0 Å². The van der Waals surface area contributed by atoms with Gasteiger partial charge in [-0.25, -0.2) is 0 Å². The molecular formula is C8H16O3. The molecule has 0 aromatic heterocycles. The summed E-state index contributed by atoms with van der Waals surface area (Å²) < 4.78 is 0. The predicted molar refractivity (Wildman–Crippen MR) is 42.3 cm³/mol. The number of carboxylic acid groups (broad SMARTS) is 1. The van der Waals surface area contributed by atoms with Crippen molar-refractivity contribution in [2.75, 3.05) is 0 Å². The lowest BCUT2D eigenvalue weighted by Gasteiger charge is -2.16. The van der Waals surface area contributed by atoms with Gasteiger partial charge in [-0.2, -0.15) is 0 Å². The summed E-state index contributed by atoms with van der Waals surface area (Å²) in [7, 11) is 0. The van der Waals surface area contributed by atoms with Crippen molar-refractivity contribution >= 4 is 5.97 Å². The molecule has 2 atom stereocenters. The van der Waals surface area contributed by atoms with Crippen molar-refractivity contribution in [2.24, 2.45) is 11.8 Å². The number of hydrogen-bond donors (Lipinski definition) is 2. The maximum atomic E-state index is 10.4. The van der Waals surface area contributed by atoms with Gasteiger partial charge in [-0.15, -0.1) is 0 Å². The Labute approximate surface area is 67.0 Å². The van der Waals surface area contributed by atoms with Crippen LogP contribution in [-0.4, -0.2) is 22.3 Å². The number of rotatable bonds is 4. The number of carbonyl (C=O) groups is 1. The van der Waals surface area contributed by atoms with Gasteiger partial charge in [-0.3, -0.25) is 4.79 Å². The van der Waals surface area contributed by atoms with E-state index in [1.54, 1.807) is 0 Å². The first-order chi connectivity index (χ1) is 4.95. The van der Waals surface area contributed by atoms with Crippen LogP contribution in [0, 0.1) is 11.8 Å². The molecule has 0 radical (unpaired) electrons. The van der Waals surface area contributed by atoms with E-state index in [4.69, 9.17) is 5.11 Å². The van der Waals surface area contributed by atoms with Crippen molar-refractivity contribution in [1.82, 2.24) is 0 Å². The van der Waals surface area contributed by atoms with Crippen LogP contribution in [0.2, 0.25) is 0 Å². The topological polar surface area (TPSA) is 57.5 Å². The van der Waals surface area contributed by atoms with E-state index in [0.717, 1.165) is 0 Å². The van der Waals surface area contributed by atoms with Gasteiger partial charge in [0.15, 0.2) is 0 Å². The Morgan fingerprint density at radius 3 is 2.09 bits per heavy atom. The lowest BCUT2D eigenvalue weighted by atomic mass is 9.96. The Hall–Kier alpha value is -0.570. The smallest absolute Gasteiger partial charge is 0.308 e. The molecule has 0 saturated heterocycles. The summed E-state index contributed by atoms with van der Waals surface area (Å²) >= 11 is 0. The van der Waals surface area contributed by atoms with Crippen LogP contribution in [0.4, 0.5) is 0 Å². The second-order valence-electron chi connectivity index (χ2n) is 3.32. The molecule has 0 bridgehead atoms. The quantitative estimate of drug-likeness (QED) is 0.647. The van der Waals surface area contributed by atoms with Crippen molar-refractivity contribution in [1.29, 1.82) is 0 Å². The highest BCUT2D eigenvalue weighted by molar-refractivity contribution is 5.70. The third-order valence-corrected chi connectivity index (χ3v) is 1.68. The fourth-order valence-corrected chi connectivity index (χ4v) is 0.852. The molecule has 0 aliphatic rings. The number of aliphatic carboxylic acids is 1. The third kappa shape index (κ3) is 3.98. The average molecular weight is 160 g/mol. The van der Waals surface area contributed by atoms with Crippen LogP contribution in [0.1, 0.15) is 27.2 Å². The fraction of sp³-hybridized carbons (Fsp3) is 0.875. The summed E-state index contributed by atoms with van der Waals surface area (Å²) in [6.45, 7) is 5.44. The molecule has 0 aromatic rings. The highest BCUT2D eigenvalue weighted by atomic mass is 16.4. The number of carboxylic acids is 1. The van der Waals surface area contributed by atoms with Gasteiger partial charge in [-0.1, -0.05) is 13.8 Å². The van der Waals surface area contributed by atoms with E-state index in [9.17, 15) is 9.90 Å². The Morgan fingerprint density at radius 1 is 1.36 bits per heavy atom. The van der Waals surface area contributed by atoms with Gasteiger partial charge in [0.25, 0.3) is 0 Å². The zero-order valence-corrected chi connectivity index (χ0v) is 7.24. The summed E-state index contributed by atoms with van der Waals surface area (Å²) in [5, 5.41) is 17.8. The summed E-state index contributed by atoms with van der Waals surface area (Å²) in [5.41, 5.74) is 0. The molecule has 0 fully saturated rings. The average Bonchev–Trinajstić information content (AvgIpc) is 1.84. The highest BCUT2D eigenvalue weighted by Crippen LogP contribution is 2.12. The number of hydrogen-bond acceptors (Lipinski definition) is 2. The van der Waals surface area contributed by atoms with E-state index >= 15 is 0 Å². The highest BCUT2D eigenvalue weighted by Gasteiger charge is 2.21. The van der Waals surface area contributed by atoms with Gasteiger partial charge in [0.05, 0.1) is 12.0 Å². The van der Waals surface area contributed by atoms with Gasteiger partial charge in [0.2, 0.25) is 0 Å². The number of aliphatic hydroxyl groups excluding tert-OH is 1. The van der Waals surface area contributed by atoms with Gasteiger partial charge in [-0.05, 0) is 19.3 Å². The van der Waals surface area contributed by atoms with Crippen LogP contribution < -0.4 is 0 Å². The Balaban J connectivity index is 3.82. The molecule has 0 aromatic carbocycles. The third-order valence-electron chi connectivity index (χ3n) is 1.68. The van der Waals surface area contributed by atoms with Crippen molar-refractivity contribution in [2.45, 2.75) is 33.3 Å². The van der Waals surface area contributed by atoms with Crippen LogP contribution in [0.15, 0.2) is 0 Å². The molecule has 0 aliphatic carbocycles. The van der Waals surface area contributed by atoms with Crippen LogP contribution >= 0.6 is 0 Å². The molecule has 0 aliphatic heterocycles. The zero-order chi connectivity index (χ0) is 9.02. The molecule has 2 N–H and O–H groups in total. The lowest BCUT2D eigenvalue weighted by Crippen LogP contribution is -2.26. The molecule has 0 unspecified atom stereocenters. The second kappa shape index (κ2) is 4.34. The molecule has 0 spiro atoms. The van der Waals surface area contributed by atoms with Crippen LogP contribution in [0.5, 0.6) is 0 Å². The van der Waals surface area contributed by atoms with E-state index in [-0.39, 0.29) is 0 Å².